The molecule has 0 radical (unpaired) electrons. The predicted molar refractivity (Wildman–Crippen MR) is 126 cm³/mol. The quantitative estimate of drug-likeness (QED) is 0.801. The van der Waals surface area contributed by atoms with E-state index in [1.165, 1.54) is 5.56 Å². The number of nitrogens with zero attached hydrogens (tertiary/aromatic N) is 2. The minimum Gasteiger partial charge on any atom is -0.337 e. The number of amides is 2. The van der Waals surface area contributed by atoms with Gasteiger partial charge >= 0.3 is 0 Å². The van der Waals surface area contributed by atoms with Gasteiger partial charge in [-0.15, -0.1) is 0 Å². The van der Waals surface area contributed by atoms with E-state index in [1.54, 1.807) is 6.92 Å². The summed E-state index contributed by atoms with van der Waals surface area (Å²) in [6.07, 6.45) is 6.70. The Bertz CT molecular complexity index is 853. The van der Waals surface area contributed by atoms with Gasteiger partial charge in [0.15, 0.2) is 0 Å². The zero-order valence-corrected chi connectivity index (χ0v) is 18.6. The summed E-state index contributed by atoms with van der Waals surface area (Å²) < 4.78 is 0. The highest BCUT2D eigenvalue weighted by molar-refractivity contribution is 5.92. The Morgan fingerprint density at radius 3 is 2.29 bits per heavy atom. The van der Waals surface area contributed by atoms with Gasteiger partial charge in [0.1, 0.15) is 0 Å². The average molecular weight is 422 g/mol. The molecule has 2 aromatic carbocycles. The molecule has 1 aliphatic heterocycles. The molecule has 0 fully saturated rings. The van der Waals surface area contributed by atoms with Crippen molar-refractivity contribution in [3.05, 3.63) is 65.7 Å². The first-order chi connectivity index (χ1) is 15.1. The van der Waals surface area contributed by atoms with Gasteiger partial charge in [0, 0.05) is 32.2 Å². The molecule has 0 unspecified atom stereocenters. The summed E-state index contributed by atoms with van der Waals surface area (Å²) in [5.74, 6) is 0.0408. The fraction of sp³-hybridized carbons (Fsp3) is 0.462. The van der Waals surface area contributed by atoms with Crippen LogP contribution in [0.25, 0.3) is 0 Å². The summed E-state index contributed by atoms with van der Waals surface area (Å²) in [6, 6.07) is 17.6. The highest BCUT2D eigenvalue weighted by Crippen LogP contribution is 2.24. The summed E-state index contributed by atoms with van der Waals surface area (Å²) in [7, 11) is 0. The maximum atomic E-state index is 13.3. The molecule has 5 nitrogen and oxygen atoms in total. The number of nitrogens with two attached hydrogens (primary N) is 1. The van der Waals surface area contributed by atoms with E-state index < -0.39 is 6.04 Å². The van der Waals surface area contributed by atoms with E-state index in [1.807, 2.05) is 52.3 Å². The van der Waals surface area contributed by atoms with Gasteiger partial charge in [0.2, 0.25) is 11.8 Å². The smallest absolute Gasteiger partial charge is 0.239 e. The maximum Gasteiger partial charge on any atom is 0.239 e. The lowest BCUT2D eigenvalue weighted by molar-refractivity contribution is -0.133. The topological polar surface area (TPSA) is 66.6 Å². The van der Waals surface area contributed by atoms with Crippen LogP contribution >= 0.6 is 0 Å². The Morgan fingerprint density at radius 2 is 1.55 bits per heavy atom. The molecule has 166 valence electrons. The second-order valence-corrected chi connectivity index (χ2v) is 8.46. The minimum absolute atomic E-state index is 0.00262. The van der Waals surface area contributed by atoms with Crippen LogP contribution in [0.4, 0.5) is 5.69 Å². The minimum atomic E-state index is -0.524. The van der Waals surface area contributed by atoms with Gasteiger partial charge in [0.25, 0.3) is 0 Å². The van der Waals surface area contributed by atoms with Gasteiger partial charge in [0.05, 0.1) is 6.04 Å². The van der Waals surface area contributed by atoms with E-state index in [2.05, 4.69) is 12.1 Å². The summed E-state index contributed by atoms with van der Waals surface area (Å²) in [5, 5.41) is 0. The molecule has 1 heterocycles. The van der Waals surface area contributed by atoms with E-state index in [0.29, 0.717) is 19.5 Å². The van der Waals surface area contributed by atoms with E-state index in [4.69, 9.17) is 5.73 Å². The highest BCUT2D eigenvalue weighted by Gasteiger charge is 2.23. The highest BCUT2D eigenvalue weighted by atomic mass is 16.2. The number of carbonyl (C=O) groups excluding carboxylic acids is 2. The fourth-order valence-corrected chi connectivity index (χ4v) is 4.26. The normalized spacial score (nSPS) is 16.6. The fourth-order valence-electron chi connectivity index (χ4n) is 4.26. The molecule has 2 N–H and O–H groups in total. The number of benzene rings is 2. The van der Waals surface area contributed by atoms with Crippen molar-refractivity contribution in [2.75, 3.05) is 18.0 Å². The Kier molecular flexibility index (Phi) is 8.65. The van der Waals surface area contributed by atoms with Crippen molar-refractivity contribution in [3.63, 3.8) is 0 Å². The molecule has 2 amide bonds. The van der Waals surface area contributed by atoms with Crippen LogP contribution in [0.15, 0.2) is 54.6 Å². The lowest BCUT2D eigenvalue weighted by atomic mass is 10.0. The molecule has 0 saturated carbocycles. The number of hydrogen-bond acceptors (Lipinski definition) is 3. The van der Waals surface area contributed by atoms with Crippen LogP contribution in [0.3, 0.4) is 0 Å². The maximum absolute atomic E-state index is 13.3. The van der Waals surface area contributed by atoms with Gasteiger partial charge in [-0.05, 0) is 42.9 Å². The van der Waals surface area contributed by atoms with Gasteiger partial charge in [-0.1, -0.05) is 67.8 Å². The Balaban J connectivity index is 1.77. The van der Waals surface area contributed by atoms with Gasteiger partial charge < -0.3 is 15.5 Å². The molecule has 0 saturated heterocycles. The van der Waals surface area contributed by atoms with Crippen LogP contribution in [-0.4, -0.2) is 35.8 Å². The number of carbonyl (C=O) groups is 2. The van der Waals surface area contributed by atoms with E-state index in [0.717, 1.165) is 56.3 Å². The number of aryl methyl sites for hydroxylation is 1. The molecule has 1 atom stereocenters. The zero-order valence-electron chi connectivity index (χ0n) is 18.6. The molecule has 0 aliphatic carbocycles. The SMILES string of the molecule is CC(=O)N1CCCCCCCN(C(=O)[C@@H](N)CCc2ccccc2)Cc2ccccc21. The molecule has 2 aromatic rings. The number of anilines is 1. The molecule has 3 rings (SSSR count). The largest absolute Gasteiger partial charge is 0.337 e. The van der Waals surface area contributed by atoms with Crippen molar-refractivity contribution in [2.45, 2.75) is 64.5 Å². The van der Waals surface area contributed by atoms with Crippen LogP contribution in [0.5, 0.6) is 0 Å². The predicted octanol–water partition coefficient (Wildman–Crippen LogP) is 4.29. The molecule has 1 aliphatic rings. The monoisotopic (exact) mass is 421 g/mol. The average Bonchev–Trinajstić information content (AvgIpc) is 2.78. The molecule has 0 spiro atoms. The number of fused-ring (bicyclic) bond motifs is 1. The Morgan fingerprint density at radius 1 is 0.903 bits per heavy atom. The summed E-state index contributed by atoms with van der Waals surface area (Å²) in [6.45, 7) is 3.52. The molecule has 31 heavy (non-hydrogen) atoms. The first kappa shape index (κ1) is 23.0. The zero-order chi connectivity index (χ0) is 22.1. The lowest BCUT2D eigenvalue weighted by Gasteiger charge is -2.30. The van der Waals surface area contributed by atoms with Gasteiger partial charge in [-0.25, -0.2) is 0 Å². The first-order valence-electron chi connectivity index (χ1n) is 11.5. The second kappa shape index (κ2) is 11.7. The van der Waals surface area contributed by atoms with Crippen molar-refractivity contribution >= 4 is 17.5 Å². The van der Waals surface area contributed by atoms with E-state index >= 15 is 0 Å². The summed E-state index contributed by atoms with van der Waals surface area (Å²) in [5.41, 5.74) is 9.46. The lowest BCUT2D eigenvalue weighted by Crippen LogP contribution is -2.44. The molecule has 0 aromatic heterocycles. The molecule has 0 bridgehead atoms. The van der Waals surface area contributed by atoms with Crippen LogP contribution in [0.2, 0.25) is 0 Å². The second-order valence-electron chi connectivity index (χ2n) is 8.46. The van der Waals surface area contributed by atoms with E-state index in [-0.39, 0.29) is 11.8 Å². The van der Waals surface area contributed by atoms with Crippen molar-refractivity contribution in [1.82, 2.24) is 4.90 Å². The van der Waals surface area contributed by atoms with Crippen molar-refractivity contribution < 1.29 is 9.59 Å². The molecule has 5 heteroatoms. The van der Waals surface area contributed by atoms with E-state index in [9.17, 15) is 9.59 Å². The van der Waals surface area contributed by atoms with Crippen LogP contribution in [0, 0.1) is 0 Å². The summed E-state index contributed by atoms with van der Waals surface area (Å²) in [4.78, 5) is 29.4. The Hall–Kier alpha value is -2.66. The van der Waals surface area contributed by atoms with Crippen LogP contribution < -0.4 is 10.6 Å². The number of rotatable bonds is 4. The van der Waals surface area contributed by atoms with Crippen molar-refractivity contribution in [3.8, 4) is 0 Å². The van der Waals surface area contributed by atoms with Crippen molar-refractivity contribution in [2.24, 2.45) is 5.73 Å². The molecular weight excluding hydrogens is 386 g/mol. The Labute approximate surface area is 186 Å². The third-order valence-corrected chi connectivity index (χ3v) is 6.05. The number of hydrogen-bond donors (Lipinski definition) is 1. The third kappa shape index (κ3) is 6.66. The van der Waals surface area contributed by atoms with Gasteiger partial charge in [-0.2, -0.15) is 0 Å². The molecular formula is C26H35N3O2. The van der Waals surface area contributed by atoms with Crippen LogP contribution in [-0.2, 0) is 22.6 Å². The van der Waals surface area contributed by atoms with Crippen molar-refractivity contribution in [1.29, 1.82) is 0 Å². The van der Waals surface area contributed by atoms with Crippen LogP contribution in [0.1, 0.15) is 56.6 Å². The standard InChI is InChI=1S/C26H35N3O2/c1-21(30)29-19-11-4-2-3-10-18-28(20-23-14-8-9-15-25(23)29)26(31)24(27)17-16-22-12-6-5-7-13-22/h5-9,12-15,24H,2-4,10-11,16-20,27H2,1H3/t24-/m0/s1. The van der Waals surface area contributed by atoms with Gasteiger partial charge in [-0.3, -0.25) is 9.59 Å². The first-order valence-corrected chi connectivity index (χ1v) is 11.5. The third-order valence-electron chi connectivity index (χ3n) is 6.05. The number of para-hydroxylation sites is 1. The summed E-state index contributed by atoms with van der Waals surface area (Å²) >= 11 is 0.